The summed E-state index contributed by atoms with van der Waals surface area (Å²) in [5.41, 5.74) is 6.01. The smallest absolute Gasteiger partial charge is 0.338 e. The standard InChI is InChI=1S/C7H6N2O5S/c8-9-6-2-1-4(15(12,13)14)3-5(6)7(10)11/h1-3,8H,(H,10,11)(H,12,13,14). The van der Waals surface area contributed by atoms with Gasteiger partial charge in [0.15, 0.2) is 0 Å². The molecule has 0 aliphatic heterocycles. The average molecular weight is 230 g/mol. The normalized spacial score (nSPS) is 11.0. The van der Waals surface area contributed by atoms with Gasteiger partial charge in [0, 0.05) is 0 Å². The minimum absolute atomic E-state index is 0.185. The lowest BCUT2D eigenvalue weighted by Gasteiger charge is -2.01. The van der Waals surface area contributed by atoms with E-state index in [0.29, 0.717) is 0 Å². The van der Waals surface area contributed by atoms with Crippen molar-refractivity contribution in [1.82, 2.24) is 0 Å². The Bertz CT molecular complexity index is 522. The fourth-order valence-corrected chi connectivity index (χ4v) is 1.45. The van der Waals surface area contributed by atoms with Gasteiger partial charge in [0.1, 0.15) is 0 Å². The fraction of sp³-hybridized carbons (Fsp3) is 0. The van der Waals surface area contributed by atoms with Gasteiger partial charge >= 0.3 is 5.97 Å². The van der Waals surface area contributed by atoms with Crippen LogP contribution in [0.25, 0.3) is 0 Å². The second-order valence-corrected chi connectivity index (χ2v) is 3.99. The molecule has 0 spiro atoms. The van der Waals surface area contributed by atoms with Gasteiger partial charge in [-0.05, 0) is 18.2 Å². The predicted molar refractivity (Wildman–Crippen MR) is 48.0 cm³/mol. The molecule has 0 unspecified atom stereocenters. The molecule has 15 heavy (non-hydrogen) atoms. The van der Waals surface area contributed by atoms with E-state index in [9.17, 15) is 13.2 Å². The molecule has 0 atom stereocenters. The van der Waals surface area contributed by atoms with Crippen LogP contribution in [0.5, 0.6) is 0 Å². The van der Waals surface area contributed by atoms with Crippen LogP contribution in [-0.4, -0.2) is 24.0 Å². The zero-order valence-corrected chi connectivity index (χ0v) is 8.02. The maximum absolute atomic E-state index is 10.7. The molecule has 0 aliphatic carbocycles. The maximum atomic E-state index is 10.7. The summed E-state index contributed by atoms with van der Waals surface area (Å²) < 4.78 is 30.0. The molecule has 0 radical (unpaired) electrons. The number of rotatable bonds is 3. The first-order valence-electron chi connectivity index (χ1n) is 3.58. The molecule has 0 amide bonds. The van der Waals surface area contributed by atoms with Gasteiger partial charge in [-0.15, -0.1) is 0 Å². The van der Waals surface area contributed by atoms with Crippen molar-refractivity contribution in [2.75, 3.05) is 0 Å². The molecule has 1 aromatic carbocycles. The Kier molecular flexibility index (Phi) is 2.82. The summed E-state index contributed by atoms with van der Waals surface area (Å²) in [5, 5.41) is 11.6. The molecule has 8 heteroatoms. The topological polar surface area (TPSA) is 128 Å². The fourth-order valence-electron chi connectivity index (χ4n) is 0.944. The van der Waals surface area contributed by atoms with Gasteiger partial charge in [-0.3, -0.25) is 4.55 Å². The summed E-state index contributed by atoms with van der Waals surface area (Å²) in [7, 11) is -4.45. The van der Waals surface area contributed by atoms with Crippen LogP contribution >= 0.6 is 0 Å². The predicted octanol–water partition coefficient (Wildman–Crippen LogP) is 1.29. The number of nitrogens with one attached hydrogen (secondary N) is 1. The van der Waals surface area contributed by atoms with Crippen LogP contribution in [0.1, 0.15) is 10.4 Å². The summed E-state index contributed by atoms with van der Waals surface area (Å²) in [4.78, 5) is 10.1. The zero-order chi connectivity index (χ0) is 11.6. The quantitative estimate of drug-likeness (QED) is 0.532. The third-order valence-corrected chi connectivity index (χ3v) is 2.47. The van der Waals surface area contributed by atoms with Crippen LogP contribution in [0.15, 0.2) is 28.2 Å². The van der Waals surface area contributed by atoms with Gasteiger partial charge in [-0.25, -0.2) is 10.3 Å². The van der Waals surface area contributed by atoms with E-state index >= 15 is 0 Å². The molecular formula is C7H6N2O5S. The number of hydrogen-bond donors (Lipinski definition) is 3. The lowest BCUT2D eigenvalue weighted by atomic mass is 10.2. The Balaban J connectivity index is 3.48. The molecule has 0 aromatic heterocycles. The number of benzene rings is 1. The number of hydrogen-bond acceptors (Lipinski definition) is 5. The Morgan fingerprint density at radius 1 is 1.40 bits per heavy atom. The van der Waals surface area contributed by atoms with E-state index in [4.69, 9.17) is 15.2 Å². The minimum atomic E-state index is -4.45. The summed E-state index contributed by atoms with van der Waals surface area (Å²) in [6, 6.07) is 2.74. The molecule has 80 valence electrons. The van der Waals surface area contributed by atoms with Crippen molar-refractivity contribution < 1.29 is 22.9 Å². The Hall–Kier alpha value is -1.80. The molecule has 3 N–H and O–H groups in total. The van der Waals surface area contributed by atoms with Crippen molar-refractivity contribution in [3.8, 4) is 0 Å². The number of carboxylic acid groups (broad SMARTS) is 1. The lowest BCUT2D eigenvalue weighted by molar-refractivity contribution is 0.0697. The van der Waals surface area contributed by atoms with E-state index in [1.807, 2.05) is 0 Å². The van der Waals surface area contributed by atoms with Gasteiger partial charge in [0.05, 0.1) is 16.1 Å². The summed E-state index contributed by atoms with van der Waals surface area (Å²) in [5.74, 6) is -1.42. The van der Waals surface area contributed by atoms with Gasteiger partial charge in [0.2, 0.25) is 0 Å². The molecule has 0 saturated heterocycles. The molecule has 0 heterocycles. The monoisotopic (exact) mass is 230 g/mol. The van der Waals surface area contributed by atoms with Gasteiger partial charge in [-0.2, -0.15) is 13.5 Å². The van der Waals surface area contributed by atoms with Crippen LogP contribution in [0, 0.1) is 5.53 Å². The van der Waals surface area contributed by atoms with Crippen molar-refractivity contribution in [1.29, 1.82) is 5.53 Å². The van der Waals surface area contributed by atoms with Crippen molar-refractivity contribution >= 4 is 21.8 Å². The van der Waals surface area contributed by atoms with E-state index in [0.717, 1.165) is 18.2 Å². The van der Waals surface area contributed by atoms with Crippen LogP contribution < -0.4 is 0 Å². The van der Waals surface area contributed by atoms with E-state index in [-0.39, 0.29) is 5.69 Å². The molecule has 0 aliphatic rings. The van der Waals surface area contributed by atoms with Crippen molar-refractivity contribution in [3.63, 3.8) is 0 Å². The third-order valence-electron chi connectivity index (χ3n) is 1.62. The van der Waals surface area contributed by atoms with E-state index < -0.39 is 26.5 Å². The largest absolute Gasteiger partial charge is 0.478 e. The molecule has 0 fully saturated rings. The van der Waals surface area contributed by atoms with Gasteiger partial charge in [0.25, 0.3) is 10.1 Å². The summed E-state index contributed by atoms with van der Waals surface area (Å²) in [6.45, 7) is 0. The van der Waals surface area contributed by atoms with Crippen LogP contribution in [0.4, 0.5) is 5.69 Å². The van der Waals surface area contributed by atoms with Crippen LogP contribution in [0.2, 0.25) is 0 Å². The minimum Gasteiger partial charge on any atom is -0.478 e. The van der Waals surface area contributed by atoms with Crippen LogP contribution in [0.3, 0.4) is 0 Å². The highest BCUT2D eigenvalue weighted by atomic mass is 32.2. The SMILES string of the molecule is N=Nc1ccc(S(=O)(=O)O)cc1C(=O)O. The highest BCUT2D eigenvalue weighted by Crippen LogP contribution is 2.22. The number of carboxylic acids is 1. The summed E-state index contributed by atoms with van der Waals surface area (Å²) >= 11 is 0. The van der Waals surface area contributed by atoms with Gasteiger partial charge < -0.3 is 5.11 Å². The van der Waals surface area contributed by atoms with Crippen molar-refractivity contribution in [3.05, 3.63) is 23.8 Å². The molecule has 7 nitrogen and oxygen atoms in total. The van der Waals surface area contributed by atoms with Crippen molar-refractivity contribution in [2.45, 2.75) is 4.90 Å². The lowest BCUT2D eigenvalue weighted by Crippen LogP contribution is -2.02. The second kappa shape index (κ2) is 3.75. The zero-order valence-electron chi connectivity index (χ0n) is 7.21. The molecule has 1 rings (SSSR count). The first kappa shape index (κ1) is 11.3. The Morgan fingerprint density at radius 2 is 2.00 bits per heavy atom. The highest BCUT2D eigenvalue weighted by molar-refractivity contribution is 7.85. The van der Waals surface area contributed by atoms with Crippen LogP contribution in [-0.2, 0) is 10.1 Å². The molecule has 0 saturated carbocycles. The molecular weight excluding hydrogens is 224 g/mol. The highest BCUT2D eigenvalue weighted by Gasteiger charge is 2.16. The molecule has 0 bridgehead atoms. The molecule has 1 aromatic rings. The number of aromatic carboxylic acids is 1. The third kappa shape index (κ3) is 2.36. The van der Waals surface area contributed by atoms with E-state index in [2.05, 4.69) is 5.11 Å². The van der Waals surface area contributed by atoms with E-state index in [1.165, 1.54) is 0 Å². The number of carbonyl (C=O) groups is 1. The van der Waals surface area contributed by atoms with Crippen molar-refractivity contribution in [2.24, 2.45) is 5.11 Å². The average Bonchev–Trinajstić information content (AvgIpc) is 2.15. The van der Waals surface area contributed by atoms with Gasteiger partial charge in [-0.1, -0.05) is 0 Å². The van der Waals surface area contributed by atoms with E-state index in [1.54, 1.807) is 0 Å². The first-order chi connectivity index (χ1) is 6.86. The summed E-state index contributed by atoms with van der Waals surface area (Å²) in [6.07, 6.45) is 0. The Labute approximate surface area is 84.6 Å². The second-order valence-electron chi connectivity index (χ2n) is 2.57. The Morgan fingerprint density at radius 3 is 2.40 bits per heavy atom. The maximum Gasteiger partial charge on any atom is 0.338 e. The first-order valence-corrected chi connectivity index (χ1v) is 5.02. The number of nitrogens with zero attached hydrogens (tertiary/aromatic N) is 1.